The van der Waals surface area contributed by atoms with Crippen molar-refractivity contribution in [2.24, 2.45) is 4.99 Å². The summed E-state index contributed by atoms with van der Waals surface area (Å²) in [5.41, 5.74) is 2.47. The van der Waals surface area contributed by atoms with Crippen molar-refractivity contribution in [1.82, 2.24) is 5.32 Å². The summed E-state index contributed by atoms with van der Waals surface area (Å²) in [6, 6.07) is 12.6. The molecular weight excluding hydrogens is 378 g/mol. The molecule has 4 rings (SSSR count). The first-order valence-electron chi connectivity index (χ1n) is 8.45. The Morgan fingerprint density at radius 1 is 1.07 bits per heavy atom. The Bertz CT molecular complexity index is 1060. The van der Waals surface area contributed by atoms with Crippen molar-refractivity contribution in [2.75, 3.05) is 26.2 Å². The highest BCUT2D eigenvalue weighted by molar-refractivity contribution is 8.18. The van der Waals surface area contributed by atoms with Gasteiger partial charge in [0.05, 0.1) is 30.4 Å². The molecule has 2 aliphatic rings. The third-order valence-electron chi connectivity index (χ3n) is 4.51. The highest BCUT2D eigenvalue weighted by Crippen LogP contribution is 2.42. The number of nitrogens with zero attached hydrogens (tertiary/aromatic N) is 2. The predicted octanol–water partition coefficient (Wildman–Crippen LogP) is 2.94. The van der Waals surface area contributed by atoms with Gasteiger partial charge >= 0.3 is 0 Å². The standard InChI is InChI=1S/C20H17N3O4S/c1-23-14-7-5-4-6-12(14)16(19(23)25)17-18(24)22-20(28-17)21-13-9-8-11(26-2)10-15(13)27-3/h4-10H,1-3H3,(H,21,22,24). The zero-order valence-electron chi connectivity index (χ0n) is 15.5. The lowest BCUT2D eigenvalue weighted by Gasteiger charge is -2.08. The Hall–Kier alpha value is -3.26. The number of benzene rings is 2. The summed E-state index contributed by atoms with van der Waals surface area (Å²) in [6.45, 7) is 0. The molecule has 0 radical (unpaired) electrons. The molecule has 0 saturated carbocycles. The largest absolute Gasteiger partial charge is 0.497 e. The van der Waals surface area contributed by atoms with Gasteiger partial charge in [-0.25, -0.2) is 4.99 Å². The normalized spacial score (nSPS) is 19.8. The monoisotopic (exact) mass is 395 g/mol. The van der Waals surface area contributed by atoms with E-state index in [0.29, 0.717) is 32.8 Å². The molecular formula is C20H17N3O4S. The number of hydrogen-bond acceptors (Lipinski definition) is 6. The lowest BCUT2D eigenvalue weighted by molar-refractivity contribution is -0.116. The first-order valence-corrected chi connectivity index (χ1v) is 9.26. The molecule has 0 aromatic heterocycles. The Morgan fingerprint density at radius 3 is 2.61 bits per heavy atom. The average molecular weight is 395 g/mol. The maximum atomic E-state index is 12.7. The van der Waals surface area contributed by atoms with Crippen molar-refractivity contribution < 1.29 is 19.1 Å². The number of carbonyl (C=O) groups excluding carboxylic acids is 2. The quantitative estimate of drug-likeness (QED) is 0.809. The van der Waals surface area contributed by atoms with E-state index in [1.165, 1.54) is 7.11 Å². The van der Waals surface area contributed by atoms with Crippen LogP contribution in [0.4, 0.5) is 11.4 Å². The molecule has 0 unspecified atom stereocenters. The molecule has 0 aliphatic carbocycles. The molecule has 1 saturated heterocycles. The Morgan fingerprint density at radius 2 is 1.86 bits per heavy atom. The highest BCUT2D eigenvalue weighted by Gasteiger charge is 2.37. The molecule has 0 bridgehead atoms. The van der Waals surface area contributed by atoms with Crippen molar-refractivity contribution in [3.63, 3.8) is 0 Å². The maximum Gasteiger partial charge on any atom is 0.264 e. The third kappa shape index (κ3) is 2.91. The average Bonchev–Trinajstić information content (AvgIpc) is 3.19. The van der Waals surface area contributed by atoms with Gasteiger partial charge in [-0.3, -0.25) is 9.59 Å². The lowest BCUT2D eigenvalue weighted by atomic mass is 10.1. The van der Waals surface area contributed by atoms with E-state index in [1.54, 1.807) is 37.3 Å². The SMILES string of the molecule is COc1ccc(N=C2NC(=O)C(=C3C(=O)N(C)c4ccccc43)S2)c(OC)c1. The zero-order valence-corrected chi connectivity index (χ0v) is 16.3. The first kappa shape index (κ1) is 18.1. The number of para-hydroxylation sites is 1. The summed E-state index contributed by atoms with van der Waals surface area (Å²) in [6.07, 6.45) is 0. The minimum absolute atomic E-state index is 0.206. The fourth-order valence-electron chi connectivity index (χ4n) is 3.11. The summed E-state index contributed by atoms with van der Waals surface area (Å²) in [4.78, 5) is 31.7. The van der Waals surface area contributed by atoms with Gasteiger partial charge in [0.15, 0.2) is 5.17 Å². The van der Waals surface area contributed by atoms with Crippen LogP contribution in [0.25, 0.3) is 5.57 Å². The van der Waals surface area contributed by atoms with Crippen LogP contribution in [-0.2, 0) is 9.59 Å². The number of likely N-dealkylation sites (N-methyl/N-ethyl adjacent to an activating group) is 1. The topological polar surface area (TPSA) is 80.2 Å². The minimum Gasteiger partial charge on any atom is -0.497 e. The Balaban J connectivity index is 1.74. The molecule has 1 N–H and O–H groups in total. The number of anilines is 1. The van der Waals surface area contributed by atoms with Crippen molar-refractivity contribution in [2.45, 2.75) is 0 Å². The molecule has 142 valence electrons. The van der Waals surface area contributed by atoms with Crippen LogP contribution >= 0.6 is 11.8 Å². The molecule has 28 heavy (non-hydrogen) atoms. The second-order valence-electron chi connectivity index (χ2n) is 6.10. The van der Waals surface area contributed by atoms with Crippen LogP contribution in [0.2, 0.25) is 0 Å². The van der Waals surface area contributed by atoms with Gasteiger partial charge in [0.1, 0.15) is 17.2 Å². The molecule has 8 heteroatoms. The van der Waals surface area contributed by atoms with Crippen LogP contribution in [0.3, 0.4) is 0 Å². The fourth-order valence-corrected chi connectivity index (χ4v) is 4.04. The van der Waals surface area contributed by atoms with Gasteiger partial charge in [0.2, 0.25) is 0 Å². The second kappa shape index (κ2) is 7.05. The Labute approximate surface area is 166 Å². The number of aliphatic imine (C=N–C) groups is 1. The van der Waals surface area contributed by atoms with Crippen LogP contribution in [0.15, 0.2) is 52.4 Å². The van der Waals surface area contributed by atoms with Crippen LogP contribution in [0.5, 0.6) is 11.5 Å². The van der Waals surface area contributed by atoms with Crippen LogP contribution < -0.4 is 19.7 Å². The number of carbonyl (C=O) groups is 2. The van der Waals surface area contributed by atoms with Crippen molar-refractivity contribution in [1.29, 1.82) is 0 Å². The van der Waals surface area contributed by atoms with E-state index in [9.17, 15) is 9.59 Å². The number of nitrogens with one attached hydrogen (secondary N) is 1. The maximum absolute atomic E-state index is 12.7. The van der Waals surface area contributed by atoms with E-state index in [2.05, 4.69) is 10.3 Å². The summed E-state index contributed by atoms with van der Waals surface area (Å²) >= 11 is 1.14. The molecule has 0 atom stereocenters. The number of methoxy groups -OCH3 is 2. The minimum atomic E-state index is -0.343. The highest BCUT2D eigenvalue weighted by atomic mass is 32.2. The number of amides is 2. The molecule has 2 aromatic carbocycles. The van der Waals surface area contributed by atoms with Crippen molar-refractivity contribution in [3.05, 3.63) is 52.9 Å². The van der Waals surface area contributed by atoms with Gasteiger partial charge in [0, 0.05) is 18.7 Å². The molecule has 2 heterocycles. The van der Waals surface area contributed by atoms with Crippen molar-refractivity contribution in [3.8, 4) is 11.5 Å². The number of hydrogen-bond donors (Lipinski definition) is 1. The lowest BCUT2D eigenvalue weighted by Crippen LogP contribution is -2.23. The van der Waals surface area contributed by atoms with Gasteiger partial charge in [0.25, 0.3) is 11.8 Å². The second-order valence-corrected chi connectivity index (χ2v) is 7.10. The molecule has 1 fully saturated rings. The number of thioether (sulfide) groups is 1. The molecule has 7 nitrogen and oxygen atoms in total. The number of amidine groups is 1. The number of rotatable bonds is 3. The third-order valence-corrected chi connectivity index (χ3v) is 5.49. The van der Waals surface area contributed by atoms with Crippen LogP contribution in [0.1, 0.15) is 5.56 Å². The fraction of sp³-hybridized carbons (Fsp3) is 0.150. The summed E-state index contributed by atoms with van der Waals surface area (Å²) in [7, 11) is 4.80. The van der Waals surface area contributed by atoms with Gasteiger partial charge in [-0.2, -0.15) is 0 Å². The number of fused-ring (bicyclic) bond motifs is 1. The van der Waals surface area contributed by atoms with Gasteiger partial charge < -0.3 is 19.7 Å². The van der Waals surface area contributed by atoms with E-state index in [1.807, 2.05) is 24.3 Å². The number of ether oxygens (including phenoxy) is 2. The molecule has 2 aromatic rings. The first-order chi connectivity index (χ1) is 13.5. The smallest absolute Gasteiger partial charge is 0.264 e. The van der Waals surface area contributed by atoms with E-state index in [-0.39, 0.29) is 11.8 Å². The van der Waals surface area contributed by atoms with Gasteiger partial charge in [-0.05, 0) is 30.0 Å². The summed E-state index contributed by atoms with van der Waals surface area (Å²) in [5, 5.41) is 3.12. The zero-order chi connectivity index (χ0) is 19.8. The molecule has 2 aliphatic heterocycles. The Kier molecular flexibility index (Phi) is 4.56. The summed E-state index contributed by atoms with van der Waals surface area (Å²) < 4.78 is 10.5. The molecule has 2 amide bonds. The van der Waals surface area contributed by atoms with Crippen molar-refractivity contribution >= 4 is 45.7 Å². The van der Waals surface area contributed by atoms with Crippen LogP contribution in [-0.4, -0.2) is 38.2 Å². The van der Waals surface area contributed by atoms with E-state index in [0.717, 1.165) is 23.0 Å². The van der Waals surface area contributed by atoms with E-state index < -0.39 is 0 Å². The van der Waals surface area contributed by atoms with E-state index >= 15 is 0 Å². The predicted molar refractivity (Wildman–Crippen MR) is 109 cm³/mol. The molecule has 0 spiro atoms. The van der Waals surface area contributed by atoms with Gasteiger partial charge in [-0.1, -0.05) is 18.2 Å². The van der Waals surface area contributed by atoms with Gasteiger partial charge in [-0.15, -0.1) is 0 Å². The van der Waals surface area contributed by atoms with Crippen LogP contribution in [0, 0.1) is 0 Å². The van der Waals surface area contributed by atoms with E-state index in [4.69, 9.17) is 9.47 Å². The summed E-state index contributed by atoms with van der Waals surface area (Å²) in [5.74, 6) is 0.611.